The summed E-state index contributed by atoms with van der Waals surface area (Å²) in [5.41, 5.74) is 3.87. The number of nitrogens with two attached hydrogens (primary N) is 1. The highest BCUT2D eigenvalue weighted by Gasteiger charge is 2.32. The minimum atomic E-state index is -4.59. The van der Waals surface area contributed by atoms with Crippen molar-refractivity contribution in [3.8, 4) is 0 Å². The molecule has 0 spiro atoms. The van der Waals surface area contributed by atoms with E-state index in [2.05, 4.69) is 5.32 Å². The molecule has 0 aliphatic carbocycles. The molecule has 0 fully saturated rings. The SMILES string of the molecule is NCCCCCCNc1ccc(C(F)(F)F)cc1[N+](=O)[O-].[Cl-]. The molecule has 22 heavy (non-hydrogen) atoms. The number of benzene rings is 1. The van der Waals surface area contributed by atoms with Crippen LogP contribution in [-0.4, -0.2) is 18.0 Å². The summed E-state index contributed by atoms with van der Waals surface area (Å²) in [4.78, 5) is 10.0. The monoisotopic (exact) mass is 340 g/mol. The van der Waals surface area contributed by atoms with Crippen molar-refractivity contribution in [1.29, 1.82) is 0 Å². The third kappa shape index (κ3) is 6.48. The average molecular weight is 341 g/mol. The molecule has 1 rings (SSSR count). The zero-order valence-electron chi connectivity index (χ0n) is 11.8. The van der Waals surface area contributed by atoms with Gasteiger partial charge in [-0.2, -0.15) is 13.2 Å². The van der Waals surface area contributed by atoms with Crippen LogP contribution in [0.2, 0.25) is 0 Å². The van der Waals surface area contributed by atoms with Crippen LogP contribution in [0.1, 0.15) is 31.2 Å². The minimum absolute atomic E-state index is 0. The van der Waals surface area contributed by atoms with Gasteiger partial charge in [0.15, 0.2) is 0 Å². The normalized spacial score (nSPS) is 10.9. The molecule has 126 valence electrons. The lowest BCUT2D eigenvalue weighted by Crippen LogP contribution is -3.00. The maximum atomic E-state index is 12.5. The first-order valence-corrected chi connectivity index (χ1v) is 6.66. The smallest absolute Gasteiger partial charge is 0.416 e. The molecule has 9 heteroatoms. The zero-order valence-corrected chi connectivity index (χ0v) is 12.6. The van der Waals surface area contributed by atoms with E-state index in [1.54, 1.807) is 0 Å². The number of halogens is 4. The van der Waals surface area contributed by atoms with Crippen molar-refractivity contribution < 1.29 is 30.5 Å². The first-order chi connectivity index (χ1) is 9.86. The molecule has 0 amide bonds. The van der Waals surface area contributed by atoms with E-state index in [1.807, 2.05) is 0 Å². The van der Waals surface area contributed by atoms with Gasteiger partial charge in [-0.25, -0.2) is 0 Å². The third-order valence-corrected chi connectivity index (χ3v) is 2.97. The molecule has 0 saturated heterocycles. The van der Waals surface area contributed by atoms with Crippen LogP contribution in [0.4, 0.5) is 24.5 Å². The summed E-state index contributed by atoms with van der Waals surface area (Å²) in [6.45, 7) is 1.09. The Hall–Kier alpha value is -1.54. The molecule has 0 atom stereocenters. The van der Waals surface area contributed by atoms with Crippen LogP contribution in [0.5, 0.6) is 0 Å². The van der Waals surface area contributed by atoms with E-state index in [0.717, 1.165) is 37.8 Å². The van der Waals surface area contributed by atoms with Crippen LogP contribution in [-0.2, 0) is 6.18 Å². The summed E-state index contributed by atoms with van der Waals surface area (Å²) in [5.74, 6) is 0. The van der Waals surface area contributed by atoms with Crippen LogP contribution < -0.4 is 23.5 Å². The van der Waals surface area contributed by atoms with Gasteiger partial charge in [0.2, 0.25) is 0 Å². The lowest BCUT2D eigenvalue weighted by molar-refractivity contribution is -0.384. The topological polar surface area (TPSA) is 81.2 Å². The summed E-state index contributed by atoms with van der Waals surface area (Å²) < 4.78 is 37.6. The van der Waals surface area contributed by atoms with Crippen LogP contribution >= 0.6 is 0 Å². The maximum Gasteiger partial charge on any atom is 0.416 e. The van der Waals surface area contributed by atoms with Gasteiger partial charge in [0.25, 0.3) is 5.69 Å². The summed E-state index contributed by atoms with van der Waals surface area (Å²) in [6.07, 6.45) is -1.02. The number of alkyl halides is 3. The number of nitro groups is 1. The summed E-state index contributed by atoms with van der Waals surface area (Å²) in [6, 6.07) is 2.49. The average Bonchev–Trinajstić information content (AvgIpc) is 2.41. The van der Waals surface area contributed by atoms with Gasteiger partial charge < -0.3 is 23.5 Å². The number of anilines is 1. The quantitative estimate of drug-likeness (QED) is 0.411. The van der Waals surface area contributed by atoms with Crippen molar-refractivity contribution in [2.24, 2.45) is 5.73 Å². The largest absolute Gasteiger partial charge is 1.00 e. The Morgan fingerprint density at radius 2 is 1.82 bits per heavy atom. The molecule has 1 aromatic rings. The Labute approximate surface area is 132 Å². The summed E-state index contributed by atoms with van der Waals surface area (Å²) >= 11 is 0. The summed E-state index contributed by atoms with van der Waals surface area (Å²) in [5, 5.41) is 13.7. The molecular formula is C13H18ClF3N3O2-. The predicted octanol–water partition coefficient (Wildman–Crippen LogP) is 0.549. The van der Waals surface area contributed by atoms with E-state index < -0.39 is 22.4 Å². The van der Waals surface area contributed by atoms with Crippen LogP contribution in [0.25, 0.3) is 0 Å². The molecule has 1 aromatic carbocycles. The van der Waals surface area contributed by atoms with Gasteiger partial charge in [0.05, 0.1) is 10.5 Å². The molecule has 5 nitrogen and oxygen atoms in total. The second-order valence-corrected chi connectivity index (χ2v) is 4.62. The molecule has 0 aliphatic heterocycles. The van der Waals surface area contributed by atoms with Crippen molar-refractivity contribution in [3.05, 3.63) is 33.9 Å². The van der Waals surface area contributed by atoms with E-state index in [9.17, 15) is 23.3 Å². The number of hydrogen-bond acceptors (Lipinski definition) is 4. The van der Waals surface area contributed by atoms with Crippen molar-refractivity contribution in [3.63, 3.8) is 0 Å². The zero-order chi connectivity index (χ0) is 15.9. The lowest BCUT2D eigenvalue weighted by atomic mass is 10.1. The Kier molecular flexibility index (Phi) is 8.81. The number of hydrogen-bond donors (Lipinski definition) is 2. The highest BCUT2D eigenvalue weighted by Crippen LogP contribution is 2.34. The van der Waals surface area contributed by atoms with Gasteiger partial charge >= 0.3 is 6.18 Å². The molecule has 0 aliphatic rings. The predicted molar refractivity (Wildman–Crippen MR) is 74.1 cm³/mol. The Morgan fingerprint density at radius 3 is 2.36 bits per heavy atom. The van der Waals surface area contributed by atoms with Crippen molar-refractivity contribution in [2.75, 3.05) is 18.4 Å². The molecule has 0 heterocycles. The highest BCUT2D eigenvalue weighted by atomic mass is 35.5. The van der Waals surface area contributed by atoms with Gasteiger partial charge in [-0.3, -0.25) is 10.1 Å². The fourth-order valence-electron chi connectivity index (χ4n) is 1.85. The molecule has 0 radical (unpaired) electrons. The molecule has 0 aromatic heterocycles. The fourth-order valence-corrected chi connectivity index (χ4v) is 1.85. The van der Waals surface area contributed by atoms with E-state index in [1.165, 1.54) is 0 Å². The van der Waals surface area contributed by atoms with E-state index in [-0.39, 0.29) is 18.1 Å². The third-order valence-electron chi connectivity index (χ3n) is 2.97. The lowest BCUT2D eigenvalue weighted by Gasteiger charge is -2.10. The van der Waals surface area contributed by atoms with Crippen LogP contribution in [0.3, 0.4) is 0 Å². The Morgan fingerprint density at radius 1 is 1.18 bits per heavy atom. The fraction of sp³-hybridized carbons (Fsp3) is 0.538. The first kappa shape index (κ1) is 20.5. The Bertz CT molecular complexity index is 484. The molecular weight excluding hydrogens is 323 g/mol. The molecule has 0 saturated carbocycles. The van der Waals surface area contributed by atoms with E-state index in [0.29, 0.717) is 19.2 Å². The van der Waals surface area contributed by atoms with E-state index in [4.69, 9.17) is 5.73 Å². The standard InChI is InChI=1S/C13H18F3N3O2.ClH/c14-13(15,16)10-5-6-11(12(9-10)19(20)21)18-8-4-2-1-3-7-17;/h5-6,9,18H,1-4,7-8,17H2;1H/p-1. The van der Waals surface area contributed by atoms with Crippen molar-refractivity contribution in [1.82, 2.24) is 0 Å². The second-order valence-electron chi connectivity index (χ2n) is 4.62. The van der Waals surface area contributed by atoms with Crippen molar-refractivity contribution in [2.45, 2.75) is 31.9 Å². The van der Waals surface area contributed by atoms with Gasteiger partial charge in [0, 0.05) is 12.6 Å². The molecule has 3 N–H and O–H groups in total. The minimum Gasteiger partial charge on any atom is -1.00 e. The highest BCUT2D eigenvalue weighted by molar-refractivity contribution is 5.62. The van der Waals surface area contributed by atoms with Gasteiger partial charge in [-0.15, -0.1) is 0 Å². The number of unbranched alkanes of at least 4 members (excludes halogenated alkanes) is 3. The number of rotatable bonds is 8. The van der Waals surface area contributed by atoms with Gasteiger partial charge in [0.1, 0.15) is 5.69 Å². The van der Waals surface area contributed by atoms with E-state index >= 15 is 0 Å². The maximum absolute atomic E-state index is 12.5. The summed E-state index contributed by atoms with van der Waals surface area (Å²) in [7, 11) is 0. The first-order valence-electron chi connectivity index (χ1n) is 6.66. The Balaban J connectivity index is 0.00000441. The second kappa shape index (κ2) is 9.47. The van der Waals surface area contributed by atoms with Crippen molar-refractivity contribution >= 4 is 11.4 Å². The number of nitrogens with one attached hydrogen (secondary N) is 1. The van der Waals surface area contributed by atoms with Crippen LogP contribution in [0, 0.1) is 10.1 Å². The van der Waals surface area contributed by atoms with Gasteiger partial charge in [-0.1, -0.05) is 12.8 Å². The molecule has 0 unspecified atom stereocenters. The number of nitro benzene ring substituents is 1. The number of nitrogens with zero attached hydrogens (tertiary/aromatic N) is 1. The molecule has 0 bridgehead atoms. The van der Waals surface area contributed by atoms with Gasteiger partial charge in [-0.05, 0) is 31.5 Å². The van der Waals surface area contributed by atoms with Crippen LogP contribution in [0.15, 0.2) is 18.2 Å².